The van der Waals surface area contributed by atoms with Crippen LogP contribution in [0.4, 0.5) is 17.2 Å². The first-order chi connectivity index (χ1) is 14.3. The Bertz CT molecular complexity index is 1130. The molecule has 1 aromatic carbocycles. The van der Waals surface area contributed by atoms with Crippen LogP contribution < -0.4 is 19.3 Å². The van der Waals surface area contributed by atoms with Crippen LogP contribution in [0, 0.1) is 0 Å². The summed E-state index contributed by atoms with van der Waals surface area (Å²) in [7, 11) is 4.84. The minimum absolute atomic E-state index is 0.109. The molecule has 12 heteroatoms. The van der Waals surface area contributed by atoms with Crippen molar-refractivity contribution in [1.82, 2.24) is 19.7 Å². The Morgan fingerprint density at radius 1 is 1.07 bits per heavy atom. The van der Waals surface area contributed by atoms with Gasteiger partial charge in [-0.25, -0.2) is 4.98 Å². The van der Waals surface area contributed by atoms with E-state index in [2.05, 4.69) is 15.1 Å². The SMILES string of the molecule is COc1cc(OC)c(Cl)c(N2Cc3cnc(Cl)nc3N(c3cnn(C)c3)C2=S)c1Cl. The third-order valence-electron chi connectivity index (χ3n) is 4.54. The van der Waals surface area contributed by atoms with E-state index >= 15 is 0 Å². The second-order valence-electron chi connectivity index (χ2n) is 6.32. The maximum absolute atomic E-state index is 6.64. The zero-order valence-corrected chi connectivity index (χ0v) is 19.1. The number of hydrogen-bond acceptors (Lipinski definition) is 6. The molecule has 30 heavy (non-hydrogen) atoms. The fourth-order valence-electron chi connectivity index (χ4n) is 3.17. The van der Waals surface area contributed by atoms with Gasteiger partial charge in [0.1, 0.15) is 27.4 Å². The number of aryl methyl sites for hydroxylation is 1. The number of methoxy groups -OCH3 is 2. The summed E-state index contributed by atoms with van der Waals surface area (Å²) in [4.78, 5) is 12.0. The molecular formula is C18H15Cl3N6O2S. The van der Waals surface area contributed by atoms with E-state index in [9.17, 15) is 0 Å². The van der Waals surface area contributed by atoms with E-state index in [1.807, 2.05) is 13.2 Å². The van der Waals surface area contributed by atoms with Crippen LogP contribution in [0.1, 0.15) is 5.56 Å². The Kier molecular flexibility index (Phi) is 5.63. The van der Waals surface area contributed by atoms with Crippen molar-refractivity contribution in [2.75, 3.05) is 24.0 Å². The molecule has 0 amide bonds. The Labute approximate surface area is 192 Å². The van der Waals surface area contributed by atoms with Crippen LogP contribution in [-0.2, 0) is 13.6 Å². The Morgan fingerprint density at radius 2 is 1.73 bits per heavy atom. The first-order valence-corrected chi connectivity index (χ1v) is 10.1. The number of hydrogen-bond donors (Lipinski definition) is 0. The molecule has 1 aliphatic heterocycles. The molecule has 0 saturated carbocycles. The second-order valence-corrected chi connectivity index (χ2v) is 7.78. The van der Waals surface area contributed by atoms with Crippen molar-refractivity contribution in [3.05, 3.63) is 45.5 Å². The average molecular weight is 486 g/mol. The van der Waals surface area contributed by atoms with E-state index in [4.69, 9.17) is 56.5 Å². The Hall–Kier alpha value is -2.33. The standard InChI is InChI=1S/C18H15Cl3N6O2S/c1-25-8-10(6-23-25)27-16-9(5-22-17(21)24-16)7-26(18(27)30)15-13(19)11(28-2)4-12(29-3)14(15)20/h4-6,8H,7H2,1-3H3. The molecule has 0 aliphatic carbocycles. The number of anilines is 3. The normalized spacial score (nSPS) is 13.5. The van der Waals surface area contributed by atoms with Gasteiger partial charge in [0.25, 0.3) is 0 Å². The van der Waals surface area contributed by atoms with E-state index in [1.54, 1.807) is 32.9 Å². The molecule has 0 radical (unpaired) electrons. The quantitative estimate of drug-likeness (QED) is 0.391. The number of ether oxygens (including phenoxy) is 2. The maximum atomic E-state index is 6.64. The molecule has 2 aromatic heterocycles. The molecule has 3 aromatic rings. The fraction of sp³-hybridized carbons (Fsp3) is 0.222. The van der Waals surface area contributed by atoms with Gasteiger partial charge in [0.15, 0.2) is 5.11 Å². The summed E-state index contributed by atoms with van der Waals surface area (Å²) < 4.78 is 12.5. The van der Waals surface area contributed by atoms with Crippen LogP contribution in [0.15, 0.2) is 24.7 Å². The number of thiocarbonyl (C=S) groups is 1. The summed E-state index contributed by atoms with van der Waals surface area (Å²) in [5.74, 6) is 1.37. The smallest absolute Gasteiger partial charge is 0.224 e. The molecule has 156 valence electrons. The monoisotopic (exact) mass is 484 g/mol. The van der Waals surface area contributed by atoms with Gasteiger partial charge in [-0.15, -0.1) is 0 Å². The number of fused-ring (bicyclic) bond motifs is 1. The highest BCUT2D eigenvalue weighted by atomic mass is 35.5. The van der Waals surface area contributed by atoms with Gasteiger partial charge in [0, 0.05) is 31.1 Å². The largest absolute Gasteiger partial charge is 0.495 e. The summed E-state index contributed by atoms with van der Waals surface area (Å²) in [6.45, 7) is 0.317. The van der Waals surface area contributed by atoms with Gasteiger partial charge in [0.05, 0.1) is 38.3 Å². The van der Waals surface area contributed by atoms with Crippen molar-refractivity contribution in [1.29, 1.82) is 0 Å². The zero-order valence-electron chi connectivity index (χ0n) is 16.1. The molecule has 0 unspecified atom stereocenters. The van der Waals surface area contributed by atoms with Gasteiger partial charge >= 0.3 is 0 Å². The molecule has 0 atom stereocenters. The van der Waals surface area contributed by atoms with E-state index in [1.165, 1.54) is 14.2 Å². The minimum Gasteiger partial charge on any atom is -0.495 e. The van der Waals surface area contributed by atoms with Crippen molar-refractivity contribution in [2.24, 2.45) is 7.05 Å². The van der Waals surface area contributed by atoms with E-state index in [0.29, 0.717) is 50.4 Å². The lowest BCUT2D eigenvalue weighted by molar-refractivity contribution is 0.395. The fourth-order valence-corrected chi connectivity index (χ4v) is 4.35. The first-order valence-electron chi connectivity index (χ1n) is 8.57. The Morgan fingerprint density at radius 3 is 2.30 bits per heavy atom. The second kappa shape index (κ2) is 8.07. The average Bonchev–Trinajstić information content (AvgIpc) is 3.14. The van der Waals surface area contributed by atoms with Crippen molar-refractivity contribution < 1.29 is 9.47 Å². The van der Waals surface area contributed by atoms with Crippen LogP contribution in [0.2, 0.25) is 15.3 Å². The lowest BCUT2D eigenvalue weighted by Gasteiger charge is -2.38. The molecule has 0 saturated heterocycles. The van der Waals surface area contributed by atoms with Gasteiger partial charge in [-0.1, -0.05) is 23.2 Å². The van der Waals surface area contributed by atoms with Crippen molar-refractivity contribution in [3.63, 3.8) is 0 Å². The van der Waals surface area contributed by atoms with Crippen molar-refractivity contribution >= 4 is 69.3 Å². The summed E-state index contributed by atoms with van der Waals surface area (Å²) >= 11 is 25.2. The predicted octanol–water partition coefficient (Wildman–Crippen LogP) is 4.63. The highest BCUT2D eigenvalue weighted by Gasteiger charge is 2.35. The topological polar surface area (TPSA) is 68.5 Å². The predicted molar refractivity (Wildman–Crippen MR) is 121 cm³/mol. The maximum Gasteiger partial charge on any atom is 0.224 e. The molecule has 8 nitrogen and oxygen atoms in total. The molecule has 1 aliphatic rings. The summed E-state index contributed by atoms with van der Waals surface area (Å²) in [6, 6.07) is 1.62. The van der Waals surface area contributed by atoms with Crippen LogP contribution >= 0.6 is 47.0 Å². The number of rotatable bonds is 4. The molecule has 0 fully saturated rings. The highest BCUT2D eigenvalue weighted by Crippen LogP contribution is 2.48. The lowest BCUT2D eigenvalue weighted by Crippen LogP contribution is -2.45. The van der Waals surface area contributed by atoms with Gasteiger partial charge in [0.2, 0.25) is 5.28 Å². The van der Waals surface area contributed by atoms with E-state index in [0.717, 1.165) is 5.56 Å². The first kappa shape index (κ1) is 20.9. The van der Waals surface area contributed by atoms with Crippen LogP contribution in [0.25, 0.3) is 0 Å². The molecule has 0 spiro atoms. The number of aromatic nitrogens is 4. The van der Waals surface area contributed by atoms with Gasteiger partial charge < -0.3 is 14.4 Å². The third kappa shape index (κ3) is 3.41. The number of halogens is 3. The third-order valence-corrected chi connectivity index (χ3v) is 5.86. The van der Waals surface area contributed by atoms with E-state index < -0.39 is 0 Å². The highest BCUT2D eigenvalue weighted by molar-refractivity contribution is 7.80. The van der Waals surface area contributed by atoms with Crippen molar-refractivity contribution in [2.45, 2.75) is 6.54 Å². The summed E-state index contributed by atoms with van der Waals surface area (Å²) in [6.07, 6.45) is 5.12. The molecule has 3 heterocycles. The molecule has 0 N–H and O–H groups in total. The van der Waals surface area contributed by atoms with Gasteiger partial charge in [-0.2, -0.15) is 10.1 Å². The van der Waals surface area contributed by atoms with Crippen LogP contribution in [-0.4, -0.2) is 39.1 Å². The molecule has 4 rings (SSSR count). The Balaban J connectivity index is 1.93. The number of benzene rings is 1. The van der Waals surface area contributed by atoms with Gasteiger partial charge in [-0.05, 0) is 23.8 Å². The van der Waals surface area contributed by atoms with Gasteiger partial charge in [-0.3, -0.25) is 9.58 Å². The summed E-state index contributed by atoms with van der Waals surface area (Å²) in [5.41, 5.74) is 1.92. The van der Waals surface area contributed by atoms with Crippen molar-refractivity contribution in [3.8, 4) is 11.5 Å². The summed E-state index contributed by atoms with van der Waals surface area (Å²) in [5, 5.41) is 5.33. The van der Waals surface area contributed by atoms with E-state index in [-0.39, 0.29) is 5.28 Å². The lowest BCUT2D eigenvalue weighted by atomic mass is 10.1. The van der Waals surface area contributed by atoms with Crippen LogP contribution in [0.3, 0.4) is 0 Å². The number of nitrogens with zero attached hydrogens (tertiary/aromatic N) is 6. The zero-order chi connectivity index (χ0) is 21.6. The molecule has 0 bridgehead atoms. The van der Waals surface area contributed by atoms with Crippen LogP contribution in [0.5, 0.6) is 11.5 Å². The molecular weight excluding hydrogens is 471 g/mol. The minimum atomic E-state index is 0.109.